The van der Waals surface area contributed by atoms with Crippen LogP contribution in [0.15, 0.2) is 54.9 Å². The van der Waals surface area contributed by atoms with Crippen LogP contribution < -0.4 is 4.74 Å². The number of thiazole rings is 1. The summed E-state index contributed by atoms with van der Waals surface area (Å²) >= 11 is 1.42. The minimum absolute atomic E-state index is 0.0653. The van der Waals surface area contributed by atoms with Crippen molar-refractivity contribution < 1.29 is 18.7 Å². The molecule has 0 aliphatic rings. The van der Waals surface area contributed by atoms with E-state index in [1.165, 1.54) is 43.0 Å². The lowest BCUT2D eigenvalue weighted by molar-refractivity contribution is 0.0466. The number of para-hydroxylation sites is 1. The molecule has 28 heavy (non-hydrogen) atoms. The van der Waals surface area contributed by atoms with Crippen LogP contribution in [0, 0.1) is 5.82 Å². The molecule has 2 heterocycles. The second-order valence-electron chi connectivity index (χ2n) is 5.79. The molecule has 0 fully saturated rings. The van der Waals surface area contributed by atoms with Gasteiger partial charge in [-0.3, -0.25) is 0 Å². The van der Waals surface area contributed by atoms with E-state index in [0.29, 0.717) is 16.3 Å². The summed E-state index contributed by atoms with van der Waals surface area (Å²) in [6.45, 7) is -0.102. The van der Waals surface area contributed by atoms with Gasteiger partial charge in [0, 0.05) is 12.4 Å². The summed E-state index contributed by atoms with van der Waals surface area (Å²) in [5, 5.41) is 0.580. The van der Waals surface area contributed by atoms with Crippen molar-refractivity contribution in [3.05, 3.63) is 71.9 Å². The van der Waals surface area contributed by atoms with Gasteiger partial charge < -0.3 is 9.47 Å². The molecule has 2 aromatic heterocycles. The number of fused-ring (bicyclic) bond motifs is 1. The maximum absolute atomic E-state index is 13.8. The maximum atomic E-state index is 13.8. The molecule has 2 aromatic carbocycles. The fraction of sp³-hybridized carbons (Fsp3) is 0.100. The van der Waals surface area contributed by atoms with Crippen molar-refractivity contribution in [1.29, 1.82) is 0 Å². The van der Waals surface area contributed by atoms with Crippen molar-refractivity contribution in [3.8, 4) is 16.5 Å². The Morgan fingerprint density at radius 2 is 1.96 bits per heavy atom. The first kappa shape index (κ1) is 18.0. The van der Waals surface area contributed by atoms with Gasteiger partial charge in [-0.25, -0.2) is 24.1 Å². The summed E-state index contributed by atoms with van der Waals surface area (Å²) in [6.07, 6.45) is 2.91. The van der Waals surface area contributed by atoms with Crippen molar-refractivity contribution in [2.24, 2.45) is 0 Å². The largest absolute Gasteiger partial charge is 0.494 e. The van der Waals surface area contributed by atoms with Crippen LogP contribution in [0.25, 0.3) is 20.9 Å². The average molecular weight is 395 g/mol. The van der Waals surface area contributed by atoms with Crippen LogP contribution in [-0.2, 0) is 11.3 Å². The standard InChI is InChI=1S/C20H14FN3O3S/c1-26-15-7-6-12(10-13(15)21)11-27-20(25)18-17(22-8-9-23-18)19-24-14-4-2-3-5-16(14)28-19/h2-10H,11H2,1H3. The molecular weight excluding hydrogens is 381 g/mol. The minimum atomic E-state index is -0.654. The molecule has 0 atom stereocenters. The van der Waals surface area contributed by atoms with Crippen molar-refractivity contribution in [3.63, 3.8) is 0 Å². The van der Waals surface area contributed by atoms with Gasteiger partial charge in [-0.05, 0) is 29.8 Å². The second kappa shape index (κ2) is 7.69. The number of esters is 1. The number of aromatic nitrogens is 3. The molecule has 0 N–H and O–H groups in total. The highest BCUT2D eigenvalue weighted by Crippen LogP contribution is 2.30. The first-order valence-corrected chi connectivity index (χ1v) is 9.14. The van der Waals surface area contributed by atoms with Crippen LogP contribution in [0.4, 0.5) is 4.39 Å². The van der Waals surface area contributed by atoms with Crippen LogP contribution >= 0.6 is 11.3 Å². The number of ether oxygens (including phenoxy) is 2. The summed E-state index contributed by atoms with van der Waals surface area (Å²) < 4.78 is 25.0. The van der Waals surface area contributed by atoms with Gasteiger partial charge >= 0.3 is 5.97 Å². The molecule has 0 saturated heterocycles. The summed E-state index contributed by atoms with van der Waals surface area (Å²) in [6, 6.07) is 12.0. The smallest absolute Gasteiger partial charge is 0.359 e. The molecule has 0 aliphatic heterocycles. The minimum Gasteiger partial charge on any atom is -0.494 e. The van der Waals surface area contributed by atoms with Gasteiger partial charge in [0.25, 0.3) is 0 Å². The third-order valence-electron chi connectivity index (χ3n) is 3.97. The molecule has 0 radical (unpaired) electrons. The average Bonchev–Trinajstić information content (AvgIpc) is 3.16. The van der Waals surface area contributed by atoms with Gasteiger partial charge in [-0.15, -0.1) is 11.3 Å². The highest BCUT2D eigenvalue weighted by atomic mass is 32.1. The zero-order valence-corrected chi connectivity index (χ0v) is 15.6. The quantitative estimate of drug-likeness (QED) is 0.470. The summed E-state index contributed by atoms with van der Waals surface area (Å²) in [7, 11) is 1.38. The molecule has 0 saturated carbocycles. The van der Waals surface area contributed by atoms with Gasteiger partial charge in [0.1, 0.15) is 17.3 Å². The van der Waals surface area contributed by atoms with E-state index < -0.39 is 11.8 Å². The molecule has 6 nitrogen and oxygen atoms in total. The lowest BCUT2D eigenvalue weighted by Crippen LogP contribution is -2.10. The zero-order valence-electron chi connectivity index (χ0n) is 14.8. The molecule has 140 valence electrons. The number of carbonyl (C=O) groups is 1. The van der Waals surface area contributed by atoms with Gasteiger partial charge in [-0.1, -0.05) is 18.2 Å². The lowest BCUT2D eigenvalue weighted by Gasteiger charge is -2.08. The van der Waals surface area contributed by atoms with Crippen molar-refractivity contribution in [1.82, 2.24) is 15.0 Å². The van der Waals surface area contributed by atoms with Crippen LogP contribution in [0.3, 0.4) is 0 Å². The van der Waals surface area contributed by atoms with E-state index in [9.17, 15) is 9.18 Å². The zero-order chi connectivity index (χ0) is 19.5. The fourth-order valence-electron chi connectivity index (χ4n) is 2.63. The maximum Gasteiger partial charge on any atom is 0.359 e. The third-order valence-corrected chi connectivity index (χ3v) is 5.02. The Kier molecular flexibility index (Phi) is 4.94. The van der Waals surface area contributed by atoms with Gasteiger partial charge in [0.05, 0.1) is 17.3 Å². The number of nitrogens with zero attached hydrogens (tertiary/aromatic N) is 3. The first-order valence-electron chi connectivity index (χ1n) is 8.32. The van der Waals surface area contributed by atoms with E-state index >= 15 is 0 Å². The molecular formula is C20H14FN3O3S. The van der Waals surface area contributed by atoms with E-state index in [4.69, 9.17) is 9.47 Å². The van der Waals surface area contributed by atoms with E-state index in [2.05, 4.69) is 15.0 Å². The molecule has 0 aliphatic carbocycles. The predicted molar refractivity (Wildman–Crippen MR) is 103 cm³/mol. The molecule has 8 heteroatoms. The molecule has 0 unspecified atom stereocenters. The number of methoxy groups -OCH3 is 1. The normalized spacial score (nSPS) is 10.8. The van der Waals surface area contributed by atoms with Crippen molar-refractivity contribution in [2.75, 3.05) is 7.11 Å². The second-order valence-corrected chi connectivity index (χ2v) is 6.82. The Morgan fingerprint density at radius 1 is 1.14 bits per heavy atom. The van der Waals surface area contributed by atoms with E-state index in [0.717, 1.165) is 10.2 Å². The Hall–Kier alpha value is -3.39. The number of hydrogen-bond donors (Lipinski definition) is 0. The van der Waals surface area contributed by atoms with Crippen molar-refractivity contribution >= 4 is 27.5 Å². The number of benzene rings is 2. The molecule has 4 rings (SSSR count). The monoisotopic (exact) mass is 395 g/mol. The van der Waals surface area contributed by atoms with Crippen LogP contribution in [-0.4, -0.2) is 28.0 Å². The summed E-state index contributed by atoms with van der Waals surface area (Å²) in [5.41, 5.74) is 1.74. The Balaban J connectivity index is 1.57. The highest BCUT2D eigenvalue weighted by molar-refractivity contribution is 7.21. The fourth-order valence-corrected chi connectivity index (χ4v) is 3.60. The Labute approximate surface area is 163 Å². The third kappa shape index (κ3) is 3.54. The SMILES string of the molecule is COc1ccc(COC(=O)c2nccnc2-c2nc3ccccc3s2)cc1F. The van der Waals surface area contributed by atoms with Crippen LogP contribution in [0.2, 0.25) is 0 Å². The van der Waals surface area contributed by atoms with E-state index in [-0.39, 0.29) is 18.1 Å². The first-order chi connectivity index (χ1) is 13.7. The number of carbonyl (C=O) groups excluding carboxylic acids is 1. The van der Waals surface area contributed by atoms with Gasteiger partial charge in [0.15, 0.2) is 17.3 Å². The van der Waals surface area contributed by atoms with Crippen LogP contribution in [0.1, 0.15) is 16.1 Å². The van der Waals surface area contributed by atoms with Gasteiger partial charge in [-0.2, -0.15) is 0 Å². The Morgan fingerprint density at radius 3 is 2.75 bits per heavy atom. The highest BCUT2D eigenvalue weighted by Gasteiger charge is 2.20. The molecule has 4 aromatic rings. The number of hydrogen-bond acceptors (Lipinski definition) is 7. The topological polar surface area (TPSA) is 74.2 Å². The molecule has 0 amide bonds. The number of rotatable bonds is 5. The van der Waals surface area contributed by atoms with Crippen LogP contribution in [0.5, 0.6) is 5.75 Å². The molecule has 0 spiro atoms. The summed E-state index contributed by atoms with van der Waals surface area (Å²) in [5.74, 6) is -1.05. The van der Waals surface area contributed by atoms with E-state index in [1.54, 1.807) is 6.07 Å². The van der Waals surface area contributed by atoms with Gasteiger partial charge in [0.2, 0.25) is 0 Å². The van der Waals surface area contributed by atoms with Crippen molar-refractivity contribution in [2.45, 2.75) is 6.61 Å². The predicted octanol–water partition coefficient (Wildman–Crippen LogP) is 4.26. The Bertz CT molecular complexity index is 1130. The summed E-state index contributed by atoms with van der Waals surface area (Å²) in [4.78, 5) is 25.5. The molecule has 0 bridgehead atoms. The lowest BCUT2D eigenvalue weighted by atomic mass is 10.2. The number of halogens is 1. The van der Waals surface area contributed by atoms with E-state index in [1.807, 2.05) is 24.3 Å².